The second-order valence-electron chi connectivity index (χ2n) is 4.17. The molecule has 1 atom stereocenters. The van der Waals surface area contributed by atoms with Crippen molar-refractivity contribution in [3.63, 3.8) is 0 Å². The van der Waals surface area contributed by atoms with Gasteiger partial charge in [-0.05, 0) is 30.4 Å². The highest BCUT2D eigenvalue weighted by atomic mass is 35.5. The highest BCUT2D eigenvalue weighted by Gasteiger charge is 2.07. The third-order valence-corrected chi connectivity index (χ3v) is 2.71. The lowest BCUT2D eigenvalue weighted by Gasteiger charge is -2.10. The van der Waals surface area contributed by atoms with Gasteiger partial charge in [0.15, 0.2) is 0 Å². The predicted molar refractivity (Wildman–Crippen MR) is 70.5 cm³/mol. The SMILES string of the molecule is COc1nc(Cl)nc(NCCC(C)CCC(=O)O)n1. The third kappa shape index (κ3) is 6.19. The van der Waals surface area contributed by atoms with E-state index in [0.29, 0.717) is 24.8 Å². The molecule has 0 radical (unpaired) electrons. The lowest BCUT2D eigenvalue weighted by molar-refractivity contribution is -0.137. The van der Waals surface area contributed by atoms with E-state index in [1.165, 1.54) is 7.11 Å². The monoisotopic (exact) mass is 288 g/mol. The number of ether oxygens (including phenoxy) is 1. The second-order valence-corrected chi connectivity index (χ2v) is 4.51. The fourth-order valence-corrected chi connectivity index (χ4v) is 1.60. The highest BCUT2D eigenvalue weighted by Crippen LogP contribution is 2.13. The number of halogens is 1. The van der Waals surface area contributed by atoms with Crippen LogP contribution in [0, 0.1) is 5.92 Å². The Morgan fingerprint density at radius 3 is 2.79 bits per heavy atom. The first-order valence-electron chi connectivity index (χ1n) is 5.92. The Bertz CT molecular complexity index is 430. The smallest absolute Gasteiger partial charge is 0.322 e. The number of anilines is 1. The predicted octanol–water partition coefficient (Wildman–Crippen LogP) is 1.84. The zero-order chi connectivity index (χ0) is 14.3. The van der Waals surface area contributed by atoms with E-state index in [4.69, 9.17) is 21.4 Å². The van der Waals surface area contributed by atoms with E-state index in [1.807, 2.05) is 6.92 Å². The Balaban J connectivity index is 2.36. The Morgan fingerprint density at radius 2 is 2.16 bits per heavy atom. The van der Waals surface area contributed by atoms with Crippen LogP contribution in [0.5, 0.6) is 6.01 Å². The normalized spacial score (nSPS) is 11.9. The summed E-state index contributed by atoms with van der Waals surface area (Å²) in [6.45, 7) is 2.63. The van der Waals surface area contributed by atoms with E-state index < -0.39 is 5.97 Å². The molecule has 0 spiro atoms. The molecule has 1 unspecified atom stereocenters. The van der Waals surface area contributed by atoms with Gasteiger partial charge in [0.1, 0.15) is 0 Å². The number of carbonyl (C=O) groups is 1. The molecule has 0 amide bonds. The van der Waals surface area contributed by atoms with Crippen LogP contribution in [0.1, 0.15) is 26.2 Å². The Labute approximate surface area is 116 Å². The number of carboxylic acid groups (broad SMARTS) is 1. The van der Waals surface area contributed by atoms with Crippen molar-refractivity contribution in [3.8, 4) is 6.01 Å². The molecular formula is C11H17ClN4O3. The number of rotatable bonds is 8. The van der Waals surface area contributed by atoms with Crippen LogP contribution in [0.15, 0.2) is 0 Å². The van der Waals surface area contributed by atoms with Crippen molar-refractivity contribution in [1.29, 1.82) is 0 Å². The summed E-state index contributed by atoms with van der Waals surface area (Å²) in [5.41, 5.74) is 0. The number of nitrogens with one attached hydrogen (secondary N) is 1. The van der Waals surface area contributed by atoms with Crippen LogP contribution in [0.2, 0.25) is 5.28 Å². The zero-order valence-electron chi connectivity index (χ0n) is 10.9. The molecule has 7 nitrogen and oxygen atoms in total. The van der Waals surface area contributed by atoms with Crippen LogP contribution in [0.3, 0.4) is 0 Å². The summed E-state index contributed by atoms with van der Waals surface area (Å²) in [5, 5.41) is 11.7. The van der Waals surface area contributed by atoms with Gasteiger partial charge in [-0.1, -0.05) is 6.92 Å². The van der Waals surface area contributed by atoms with Crippen molar-refractivity contribution in [2.24, 2.45) is 5.92 Å². The first-order valence-corrected chi connectivity index (χ1v) is 6.30. The van der Waals surface area contributed by atoms with Crippen molar-refractivity contribution in [2.45, 2.75) is 26.2 Å². The van der Waals surface area contributed by atoms with Crippen LogP contribution in [-0.2, 0) is 4.79 Å². The molecule has 106 valence electrons. The average molecular weight is 289 g/mol. The van der Waals surface area contributed by atoms with Gasteiger partial charge in [-0.15, -0.1) is 0 Å². The first-order chi connectivity index (χ1) is 9.01. The summed E-state index contributed by atoms with van der Waals surface area (Å²) in [6, 6.07) is 0.154. The largest absolute Gasteiger partial charge is 0.481 e. The van der Waals surface area contributed by atoms with Gasteiger partial charge < -0.3 is 15.2 Å². The number of aromatic nitrogens is 3. The standard InChI is InChI=1S/C11H17ClN4O3/c1-7(3-4-8(17)18)5-6-13-10-14-9(12)15-11(16-10)19-2/h7H,3-6H2,1-2H3,(H,17,18)(H,13,14,15,16). The molecule has 0 aliphatic carbocycles. The van der Waals surface area contributed by atoms with Crippen LogP contribution in [-0.4, -0.2) is 39.7 Å². The summed E-state index contributed by atoms with van der Waals surface area (Å²) >= 11 is 5.71. The Hall–Kier alpha value is -1.63. The third-order valence-electron chi connectivity index (χ3n) is 2.54. The van der Waals surface area contributed by atoms with Gasteiger partial charge in [0.2, 0.25) is 11.2 Å². The molecular weight excluding hydrogens is 272 g/mol. The maximum absolute atomic E-state index is 10.4. The average Bonchev–Trinajstić information content (AvgIpc) is 2.35. The van der Waals surface area contributed by atoms with Gasteiger partial charge >= 0.3 is 12.0 Å². The topological polar surface area (TPSA) is 97.2 Å². The van der Waals surface area contributed by atoms with E-state index >= 15 is 0 Å². The van der Waals surface area contributed by atoms with Gasteiger partial charge in [-0.2, -0.15) is 15.0 Å². The van der Waals surface area contributed by atoms with E-state index in [9.17, 15) is 4.79 Å². The van der Waals surface area contributed by atoms with Crippen molar-refractivity contribution >= 4 is 23.5 Å². The Morgan fingerprint density at radius 1 is 1.42 bits per heavy atom. The lowest BCUT2D eigenvalue weighted by Crippen LogP contribution is -2.11. The van der Waals surface area contributed by atoms with Gasteiger partial charge in [0.05, 0.1) is 7.11 Å². The summed E-state index contributed by atoms with van der Waals surface area (Å²) in [4.78, 5) is 22.1. The molecule has 0 aliphatic rings. The van der Waals surface area contributed by atoms with Gasteiger partial charge in [-0.25, -0.2) is 0 Å². The summed E-state index contributed by atoms with van der Waals surface area (Å²) in [6.07, 6.45) is 1.66. The number of aliphatic carboxylic acids is 1. The van der Waals surface area contributed by atoms with Crippen LogP contribution < -0.4 is 10.1 Å². The zero-order valence-corrected chi connectivity index (χ0v) is 11.6. The lowest BCUT2D eigenvalue weighted by atomic mass is 10.0. The summed E-state index contributed by atoms with van der Waals surface area (Å²) < 4.78 is 4.88. The van der Waals surface area contributed by atoms with Gasteiger partial charge in [0, 0.05) is 13.0 Å². The fourth-order valence-electron chi connectivity index (χ4n) is 1.45. The molecule has 0 fully saturated rings. The van der Waals surface area contributed by atoms with Crippen LogP contribution in [0.25, 0.3) is 0 Å². The number of nitrogens with zero attached hydrogens (tertiary/aromatic N) is 3. The van der Waals surface area contributed by atoms with E-state index in [0.717, 1.165) is 6.42 Å². The molecule has 0 aromatic carbocycles. The molecule has 8 heteroatoms. The van der Waals surface area contributed by atoms with Crippen LogP contribution in [0.4, 0.5) is 5.95 Å². The summed E-state index contributed by atoms with van der Waals surface area (Å²) in [5.74, 6) is -0.112. The van der Waals surface area contributed by atoms with Crippen LogP contribution >= 0.6 is 11.6 Å². The van der Waals surface area contributed by atoms with E-state index in [-0.39, 0.29) is 17.7 Å². The Kier molecular flexibility index (Phi) is 6.27. The molecule has 1 aromatic heterocycles. The molecule has 0 aliphatic heterocycles. The summed E-state index contributed by atoms with van der Waals surface area (Å²) in [7, 11) is 1.45. The molecule has 0 saturated carbocycles. The van der Waals surface area contributed by atoms with Crippen molar-refractivity contribution < 1.29 is 14.6 Å². The molecule has 1 heterocycles. The molecule has 1 rings (SSSR count). The number of carboxylic acids is 1. The van der Waals surface area contributed by atoms with Crippen molar-refractivity contribution in [3.05, 3.63) is 5.28 Å². The maximum Gasteiger partial charge on any atom is 0.322 e. The van der Waals surface area contributed by atoms with E-state index in [2.05, 4.69) is 20.3 Å². The molecule has 19 heavy (non-hydrogen) atoms. The quantitative estimate of drug-likeness (QED) is 0.753. The minimum atomic E-state index is -0.770. The minimum Gasteiger partial charge on any atom is -0.481 e. The molecule has 0 saturated heterocycles. The first kappa shape index (κ1) is 15.4. The minimum absolute atomic E-state index is 0.0632. The van der Waals surface area contributed by atoms with Gasteiger partial charge in [-0.3, -0.25) is 4.79 Å². The van der Waals surface area contributed by atoms with Crippen molar-refractivity contribution in [1.82, 2.24) is 15.0 Å². The second kappa shape index (κ2) is 7.73. The highest BCUT2D eigenvalue weighted by molar-refractivity contribution is 6.28. The molecule has 2 N–H and O–H groups in total. The van der Waals surface area contributed by atoms with Crippen molar-refractivity contribution in [2.75, 3.05) is 19.0 Å². The van der Waals surface area contributed by atoms with Gasteiger partial charge in [0.25, 0.3) is 0 Å². The molecule has 0 bridgehead atoms. The maximum atomic E-state index is 10.4. The molecule has 1 aromatic rings. The number of methoxy groups -OCH3 is 1. The fraction of sp³-hybridized carbons (Fsp3) is 0.636. The number of hydrogen-bond donors (Lipinski definition) is 2. The van der Waals surface area contributed by atoms with E-state index in [1.54, 1.807) is 0 Å². The number of hydrogen-bond acceptors (Lipinski definition) is 6.